The topological polar surface area (TPSA) is 58.4 Å². The average molecular weight is 223 g/mol. The molecule has 1 N–H and O–H groups in total. The van der Waals surface area contributed by atoms with E-state index in [1.807, 2.05) is 28.8 Å². The summed E-state index contributed by atoms with van der Waals surface area (Å²) in [5.41, 5.74) is 1.00. The lowest BCUT2D eigenvalue weighted by molar-refractivity contribution is -0.138. The minimum absolute atomic E-state index is 0.115. The molecule has 0 aliphatic carbocycles. The Morgan fingerprint density at radius 3 is 3.12 bits per heavy atom. The first-order valence-electron chi connectivity index (χ1n) is 5.70. The van der Waals surface area contributed by atoms with E-state index < -0.39 is 5.97 Å². The lowest BCUT2D eigenvalue weighted by Crippen LogP contribution is -2.29. The summed E-state index contributed by atoms with van der Waals surface area (Å²) in [6, 6.07) is 2.18. The Balaban J connectivity index is 2.09. The Bertz CT molecular complexity index is 375. The number of hydrogen-bond donors (Lipinski definition) is 1. The largest absolute Gasteiger partial charge is 0.480 e. The van der Waals surface area contributed by atoms with Gasteiger partial charge in [0.05, 0.1) is 18.3 Å². The molecule has 0 radical (unpaired) electrons. The second kappa shape index (κ2) is 4.65. The quantitative estimate of drug-likeness (QED) is 0.831. The normalized spacial score (nSPS) is 21.4. The van der Waals surface area contributed by atoms with E-state index in [2.05, 4.69) is 5.10 Å². The Labute approximate surface area is 94.7 Å². The van der Waals surface area contributed by atoms with Gasteiger partial charge in [-0.25, -0.2) is 0 Å². The van der Waals surface area contributed by atoms with Gasteiger partial charge in [-0.3, -0.25) is 14.4 Å². The van der Waals surface area contributed by atoms with Crippen LogP contribution in [0.3, 0.4) is 0 Å². The van der Waals surface area contributed by atoms with Crippen LogP contribution in [0.4, 0.5) is 0 Å². The molecule has 1 aromatic heterocycles. The van der Waals surface area contributed by atoms with Crippen molar-refractivity contribution in [2.75, 3.05) is 13.1 Å². The number of rotatable bonds is 4. The highest BCUT2D eigenvalue weighted by Crippen LogP contribution is 2.30. The third kappa shape index (κ3) is 2.24. The van der Waals surface area contributed by atoms with Gasteiger partial charge >= 0.3 is 5.97 Å². The molecular formula is C11H17N3O2. The highest BCUT2D eigenvalue weighted by molar-refractivity contribution is 5.69. The number of likely N-dealkylation sites (tertiary alicyclic amines) is 1. The van der Waals surface area contributed by atoms with Crippen LogP contribution in [0, 0.1) is 0 Å². The van der Waals surface area contributed by atoms with Gasteiger partial charge in [0.1, 0.15) is 0 Å². The lowest BCUT2D eigenvalue weighted by Gasteiger charge is -2.20. The Morgan fingerprint density at radius 1 is 1.69 bits per heavy atom. The minimum Gasteiger partial charge on any atom is -0.480 e. The summed E-state index contributed by atoms with van der Waals surface area (Å²) in [6.45, 7) is 3.87. The zero-order valence-electron chi connectivity index (χ0n) is 9.46. The van der Waals surface area contributed by atoms with Crippen LogP contribution in [0.5, 0.6) is 0 Å². The summed E-state index contributed by atoms with van der Waals surface area (Å²) in [7, 11) is 0. The van der Waals surface area contributed by atoms with Crippen LogP contribution in [0.15, 0.2) is 12.3 Å². The van der Waals surface area contributed by atoms with E-state index in [0.29, 0.717) is 0 Å². The van der Waals surface area contributed by atoms with E-state index >= 15 is 0 Å². The summed E-state index contributed by atoms with van der Waals surface area (Å²) in [4.78, 5) is 12.7. The molecule has 0 amide bonds. The van der Waals surface area contributed by atoms with Gasteiger partial charge in [-0.1, -0.05) is 0 Å². The monoisotopic (exact) mass is 223 g/mol. The molecule has 5 nitrogen and oxygen atoms in total. The molecule has 1 aliphatic heterocycles. The van der Waals surface area contributed by atoms with Gasteiger partial charge in [0.2, 0.25) is 0 Å². The van der Waals surface area contributed by atoms with Gasteiger partial charge in [0.15, 0.2) is 0 Å². The number of aromatic nitrogens is 2. The second-order valence-corrected chi connectivity index (χ2v) is 4.12. The van der Waals surface area contributed by atoms with E-state index in [-0.39, 0.29) is 12.6 Å². The van der Waals surface area contributed by atoms with Crippen molar-refractivity contribution in [3.05, 3.63) is 18.0 Å². The molecule has 5 heteroatoms. The maximum Gasteiger partial charge on any atom is 0.317 e. The maximum atomic E-state index is 10.7. The molecule has 16 heavy (non-hydrogen) atoms. The SMILES string of the molecule is CCn1ccc([C@@H]2CCCN2CC(=O)O)n1. The van der Waals surface area contributed by atoms with Crippen LogP contribution < -0.4 is 0 Å². The van der Waals surface area contributed by atoms with Crippen molar-refractivity contribution < 1.29 is 9.90 Å². The fraction of sp³-hybridized carbons (Fsp3) is 0.636. The van der Waals surface area contributed by atoms with Crippen LogP contribution in [0.25, 0.3) is 0 Å². The summed E-state index contributed by atoms with van der Waals surface area (Å²) in [5, 5.41) is 13.3. The van der Waals surface area contributed by atoms with E-state index in [0.717, 1.165) is 31.6 Å². The molecule has 0 aromatic carbocycles. The van der Waals surface area contributed by atoms with E-state index in [4.69, 9.17) is 5.11 Å². The van der Waals surface area contributed by atoms with Gasteiger partial charge in [0.25, 0.3) is 0 Å². The summed E-state index contributed by atoms with van der Waals surface area (Å²) < 4.78 is 1.88. The van der Waals surface area contributed by atoms with Gasteiger partial charge in [0, 0.05) is 12.7 Å². The van der Waals surface area contributed by atoms with Crippen molar-refractivity contribution >= 4 is 5.97 Å². The molecule has 1 atom stereocenters. The lowest BCUT2D eigenvalue weighted by atomic mass is 10.1. The summed E-state index contributed by atoms with van der Waals surface area (Å²) in [6.07, 6.45) is 4.01. The Morgan fingerprint density at radius 2 is 2.50 bits per heavy atom. The minimum atomic E-state index is -0.762. The number of hydrogen-bond acceptors (Lipinski definition) is 3. The van der Waals surface area contributed by atoms with Crippen molar-refractivity contribution in [3.8, 4) is 0 Å². The molecule has 1 aliphatic rings. The molecule has 0 saturated carbocycles. The molecule has 0 spiro atoms. The van der Waals surface area contributed by atoms with Crippen molar-refractivity contribution in [3.63, 3.8) is 0 Å². The highest BCUT2D eigenvalue weighted by Gasteiger charge is 2.28. The van der Waals surface area contributed by atoms with E-state index in [1.54, 1.807) is 0 Å². The molecule has 1 aromatic rings. The summed E-state index contributed by atoms with van der Waals surface area (Å²) >= 11 is 0. The van der Waals surface area contributed by atoms with Crippen molar-refractivity contribution in [1.82, 2.24) is 14.7 Å². The zero-order chi connectivity index (χ0) is 11.5. The number of carboxylic acids is 1. The van der Waals surface area contributed by atoms with Crippen molar-refractivity contribution in [2.24, 2.45) is 0 Å². The highest BCUT2D eigenvalue weighted by atomic mass is 16.4. The van der Waals surface area contributed by atoms with E-state index in [9.17, 15) is 4.79 Å². The summed E-state index contributed by atoms with van der Waals surface area (Å²) in [5.74, 6) is -0.762. The number of carbonyl (C=O) groups is 1. The third-order valence-corrected chi connectivity index (χ3v) is 3.03. The fourth-order valence-corrected chi connectivity index (χ4v) is 2.26. The van der Waals surface area contributed by atoms with Gasteiger partial charge in [-0.2, -0.15) is 5.10 Å². The Kier molecular flexibility index (Phi) is 3.24. The molecule has 1 fully saturated rings. The maximum absolute atomic E-state index is 10.7. The van der Waals surface area contributed by atoms with E-state index in [1.165, 1.54) is 0 Å². The Hall–Kier alpha value is -1.36. The predicted octanol–water partition coefficient (Wildman–Crippen LogP) is 1.12. The smallest absolute Gasteiger partial charge is 0.317 e. The van der Waals surface area contributed by atoms with Gasteiger partial charge in [-0.05, 0) is 32.4 Å². The molecule has 0 unspecified atom stereocenters. The number of carboxylic acid groups (broad SMARTS) is 1. The first-order valence-corrected chi connectivity index (χ1v) is 5.70. The average Bonchev–Trinajstić information content (AvgIpc) is 2.84. The predicted molar refractivity (Wildman–Crippen MR) is 59.1 cm³/mol. The van der Waals surface area contributed by atoms with Crippen LogP contribution in [0.2, 0.25) is 0 Å². The second-order valence-electron chi connectivity index (χ2n) is 4.12. The number of aliphatic carboxylic acids is 1. The van der Waals surface area contributed by atoms with Gasteiger partial charge < -0.3 is 5.11 Å². The third-order valence-electron chi connectivity index (χ3n) is 3.03. The molecule has 0 bridgehead atoms. The van der Waals surface area contributed by atoms with Crippen LogP contribution in [-0.4, -0.2) is 38.8 Å². The first-order chi connectivity index (χ1) is 7.70. The fourth-order valence-electron chi connectivity index (χ4n) is 2.26. The molecule has 1 saturated heterocycles. The molecule has 2 rings (SSSR count). The van der Waals surface area contributed by atoms with Crippen LogP contribution in [-0.2, 0) is 11.3 Å². The van der Waals surface area contributed by atoms with Crippen molar-refractivity contribution in [2.45, 2.75) is 32.4 Å². The zero-order valence-corrected chi connectivity index (χ0v) is 9.46. The molecular weight excluding hydrogens is 206 g/mol. The van der Waals surface area contributed by atoms with Gasteiger partial charge in [-0.15, -0.1) is 0 Å². The standard InChI is InChI=1S/C11H17N3O2/c1-2-14-7-5-9(12-14)10-4-3-6-13(10)8-11(15)16/h5,7,10H,2-4,6,8H2,1H3,(H,15,16)/t10-/m0/s1. The number of aryl methyl sites for hydroxylation is 1. The molecule has 88 valence electrons. The molecule has 2 heterocycles. The van der Waals surface area contributed by atoms with Crippen LogP contribution >= 0.6 is 0 Å². The van der Waals surface area contributed by atoms with Crippen molar-refractivity contribution in [1.29, 1.82) is 0 Å². The first kappa shape index (κ1) is 11.1. The van der Waals surface area contributed by atoms with Crippen LogP contribution in [0.1, 0.15) is 31.5 Å². The number of nitrogens with zero attached hydrogens (tertiary/aromatic N) is 3.